The number of ether oxygens (including phenoxy) is 2. The van der Waals surface area contributed by atoms with E-state index in [1.165, 1.54) is 0 Å². The molecule has 1 atom stereocenters. The molecule has 1 fully saturated rings. The lowest BCUT2D eigenvalue weighted by molar-refractivity contribution is -0.122. The van der Waals surface area contributed by atoms with Crippen molar-refractivity contribution in [1.82, 2.24) is 10.2 Å². The van der Waals surface area contributed by atoms with Crippen molar-refractivity contribution in [3.63, 3.8) is 0 Å². The smallest absolute Gasteiger partial charge is 0.222 e. The minimum Gasteiger partial charge on any atom is -0.384 e. The second-order valence-corrected chi connectivity index (χ2v) is 5.70. The van der Waals surface area contributed by atoms with Gasteiger partial charge in [-0.1, -0.05) is 23.7 Å². The van der Waals surface area contributed by atoms with E-state index in [1.54, 1.807) is 7.11 Å². The Kier molecular flexibility index (Phi) is 7.12. The number of hydrogen-bond donors (Lipinski definition) is 1. The van der Waals surface area contributed by atoms with Gasteiger partial charge in [-0.15, -0.1) is 0 Å². The summed E-state index contributed by atoms with van der Waals surface area (Å²) in [5.74, 6) is 0.00840. The zero-order valence-corrected chi connectivity index (χ0v) is 13.6. The van der Waals surface area contributed by atoms with E-state index in [1.807, 2.05) is 24.3 Å². The van der Waals surface area contributed by atoms with Crippen molar-refractivity contribution in [2.75, 3.05) is 46.6 Å². The van der Waals surface area contributed by atoms with E-state index in [0.29, 0.717) is 24.6 Å². The van der Waals surface area contributed by atoms with Crippen LogP contribution in [0.1, 0.15) is 18.0 Å². The lowest BCUT2D eigenvalue weighted by atomic mass is 10.0. The van der Waals surface area contributed by atoms with E-state index in [4.69, 9.17) is 21.1 Å². The number of amides is 1. The third kappa shape index (κ3) is 5.25. The maximum Gasteiger partial charge on any atom is 0.222 e. The first kappa shape index (κ1) is 17.2. The Morgan fingerprint density at radius 3 is 2.68 bits per heavy atom. The SMILES string of the molecule is COCCC(=O)NCC(c1ccc(Cl)cc1)N1CCOCC1. The number of carbonyl (C=O) groups is 1. The minimum absolute atomic E-state index is 0.00840. The summed E-state index contributed by atoms with van der Waals surface area (Å²) in [6.07, 6.45) is 0.382. The van der Waals surface area contributed by atoms with Gasteiger partial charge in [0, 0.05) is 38.2 Å². The molecule has 0 spiro atoms. The predicted molar refractivity (Wildman–Crippen MR) is 86.1 cm³/mol. The number of nitrogens with one attached hydrogen (secondary N) is 1. The highest BCUT2D eigenvalue weighted by Gasteiger charge is 2.23. The third-order valence-corrected chi connectivity index (χ3v) is 4.02. The van der Waals surface area contributed by atoms with Crippen LogP contribution >= 0.6 is 11.6 Å². The molecule has 1 aromatic rings. The van der Waals surface area contributed by atoms with Crippen LogP contribution in [0.4, 0.5) is 0 Å². The average molecular weight is 327 g/mol. The maximum absolute atomic E-state index is 11.8. The topological polar surface area (TPSA) is 50.8 Å². The normalized spacial score (nSPS) is 17.2. The molecule has 1 saturated heterocycles. The number of morpholine rings is 1. The largest absolute Gasteiger partial charge is 0.384 e. The van der Waals surface area contributed by atoms with E-state index in [2.05, 4.69) is 10.2 Å². The molecule has 1 aliphatic heterocycles. The van der Waals surface area contributed by atoms with Gasteiger partial charge in [-0.25, -0.2) is 0 Å². The molecule has 22 heavy (non-hydrogen) atoms. The summed E-state index contributed by atoms with van der Waals surface area (Å²) in [5, 5.41) is 3.71. The Bertz CT molecular complexity index is 461. The first-order valence-electron chi connectivity index (χ1n) is 7.53. The Balaban J connectivity index is 2.01. The fraction of sp³-hybridized carbons (Fsp3) is 0.562. The summed E-state index contributed by atoms with van der Waals surface area (Å²) in [6, 6.07) is 7.94. The van der Waals surface area contributed by atoms with Crippen molar-refractivity contribution in [1.29, 1.82) is 0 Å². The van der Waals surface area contributed by atoms with Crippen molar-refractivity contribution >= 4 is 17.5 Å². The van der Waals surface area contributed by atoms with Crippen LogP contribution in [0.2, 0.25) is 5.02 Å². The van der Waals surface area contributed by atoms with Gasteiger partial charge in [0.1, 0.15) is 0 Å². The second kappa shape index (κ2) is 9.10. The molecule has 6 heteroatoms. The van der Waals surface area contributed by atoms with Crippen molar-refractivity contribution in [2.45, 2.75) is 12.5 Å². The van der Waals surface area contributed by atoms with Crippen LogP contribution in [-0.4, -0.2) is 57.4 Å². The zero-order chi connectivity index (χ0) is 15.8. The van der Waals surface area contributed by atoms with Crippen molar-refractivity contribution in [2.24, 2.45) is 0 Å². The number of rotatable bonds is 7. The highest BCUT2D eigenvalue weighted by molar-refractivity contribution is 6.30. The first-order chi connectivity index (χ1) is 10.7. The van der Waals surface area contributed by atoms with Crippen LogP contribution in [0.5, 0.6) is 0 Å². The highest BCUT2D eigenvalue weighted by atomic mass is 35.5. The molecule has 1 aromatic carbocycles. The number of benzene rings is 1. The lowest BCUT2D eigenvalue weighted by Crippen LogP contribution is -2.43. The fourth-order valence-electron chi connectivity index (χ4n) is 2.53. The number of nitrogens with zero attached hydrogens (tertiary/aromatic N) is 1. The minimum atomic E-state index is 0.00840. The van der Waals surface area contributed by atoms with Crippen LogP contribution < -0.4 is 5.32 Å². The molecule has 1 aliphatic rings. The summed E-state index contributed by atoms with van der Waals surface area (Å²) < 4.78 is 10.3. The molecule has 0 radical (unpaired) electrons. The molecular weight excluding hydrogens is 304 g/mol. The Labute approximate surface area is 136 Å². The summed E-state index contributed by atoms with van der Waals surface area (Å²) in [7, 11) is 1.59. The quantitative estimate of drug-likeness (QED) is 0.831. The van der Waals surface area contributed by atoms with Crippen LogP contribution in [0.3, 0.4) is 0 Å². The van der Waals surface area contributed by atoms with E-state index < -0.39 is 0 Å². The van der Waals surface area contributed by atoms with Crippen LogP contribution in [0, 0.1) is 0 Å². The molecule has 0 saturated carbocycles. The Morgan fingerprint density at radius 1 is 1.36 bits per heavy atom. The second-order valence-electron chi connectivity index (χ2n) is 5.26. The van der Waals surface area contributed by atoms with E-state index in [0.717, 1.165) is 31.9 Å². The molecule has 1 N–H and O–H groups in total. The summed E-state index contributed by atoms with van der Waals surface area (Å²) in [5.41, 5.74) is 1.15. The van der Waals surface area contributed by atoms with Crippen LogP contribution in [0.25, 0.3) is 0 Å². The molecule has 1 amide bonds. The van der Waals surface area contributed by atoms with Gasteiger partial charge >= 0.3 is 0 Å². The number of hydrogen-bond acceptors (Lipinski definition) is 4. The molecule has 0 bridgehead atoms. The highest BCUT2D eigenvalue weighted by Crippen LogP contribution is 2.23. The van der Waals surface area contributed by atoms with Gasteiger partial charge in [0.25, 0.3) is 0 Å². The van der Waals surface area contributed by atoms with Crippen molar-refractivity contribution in [3.8, 4) is 0 Å². The third-order valence-electron chi connectivity index (χ3n) is 3.77. The van der Waals surface area contributed by atoms with Gasteiger partial charge in [0.05, 0.1) is 25.9 Å². The molecule has 5 nitrogen and oxygen atoms in total. The number of carbonyl (C=O) groups excluding carboxylic acids is 1. The van der Waals surface area contributed by atoms with E-state index >= 15 is 0 Å². The van der Waals surface area contributed by atoms with Gasteiger partial charge < -0.3 is 14.8 Å². The predicted octanol–water partition coefficient (Wildman–Crippen LogP) is 1.87. The Hall–Kier alpha value is -1.14. The Morgan fingerprint density at radius 2 is 2.05 bits per heavy atom. The number of halogens is 1. The van der Waals surface area contributed by atoms with Crippen LogP contribution in [-0.2, 0) is 14.3 Å². The van der Waals surface area contributed by atoms with E-state index in [9.17, 15) is 4.79 Å². The summed E-state index contributed by atoms with van der Waals surface area (Å²) >= 11 is 5.97. The first-order valence-corrected chi connectivity index (χ1v) is 7.91. The molecule has 1 unspecified atom stereocenters. The van der Waals surface area contributed by atoms with Gasteiger partial charge in [0.15, 0.2) is 0 Å². The van der Waals surface area contributed by atoms with Crippen molar-refractivity contribution in [3.05, 3.63) is 34.9 Å². The lowest BCUT2D eigenvalue weighted by Gasteiger charge is -2.35. The molecule has 0 aromatic heterocycles. The molecular formula is C16H23ClN2O3. The molecule has 1 heterocycles. The zero-order valence-electron chi connectivity index (χ0n) is 12.9. The van der Waals surface area contributed by atoms with E-state index in [-0.39, 0.29) is 11.9 Å². The van der Waals surface area contributed by atoms with Crippen molar-refractivity contribution < 1.29 is 14.3 Å². The van der Waals surface area contributed by atoms with Gasteiger partial charge in [0.2, 0.25) is 5.91 Å². The summed E-state index contributed by atoms with van der Waals surface area (Å²) in [6.45, 7) is 4.19. The monoisotopic (exact) mass is 326 g/mol. The van der Waals surface area contributed by atoms with Gasteiger partial charge in [-0.3, -0.25) is 9.69 Å². The molecule has 0 aliphatic carbocycles. The van der Waals surface area contributed by atoms with Gasteiger partial charge in [-0.2, -0.15) is 0 Å². The average Bonchev–Trinajstić information content (AvgIpc) is 2.55. The van der Waals surface area contributed by atoms with Crippen LogP contribution in [0.15, 0.2) is 24.3 Å². The number of methoxy groups -OCH3 is 1. The fourth-order valence-corrected chi connectivity index (χ4v) is 2.65. The molecule has 122 valence electrons. The maximum atomic E-state index is 11.8. The summed E-state index contributed by atoms with van der Waals surface area (Å²) in [4.78, 5) is 14.2. The van der Waals surface area contributed by atoms with Gasteiger partial charge in [-0.05, 0) is 17.7 Å². The standard InChI is InChI=1S/C16H23ClN2O3/c1-21-9-6-16(20)18-12-15(19-7-10-22-11-8-19)13-2-4-14(17)5-3-13/h2-5,15H,6-12H2,1H3,(H,18,20). The molecule has 2 rings (SSSR count).